The van der Waals surface area contributed by atoms with Gasteiger partial charge in [0.2, 0.25) is 5.91 Å². The topological polar surface area (TPSA) is 29.5 Å². The molecule has 0 bridgehead atoms. The number of amides is 1. The average molecular weight is 325 g/mol. The minimum atomic E-state index is -0.0387. The molecule has 3 heterocycles. The zero-order chi connectivity index (χ0) is 14.7. The molecular weight excluding hydrogens is 302 g/mol. The summed E-state index contributed by atoms with van der Waals surface area (Å²) in [5.41, 5.74) is 1.15. The molecule has 0 aliphatic carbocycles. The van der Waals surface area contributed by atoms with E-state index in [1.165, 1.54) is 5.75 Å². The Hall–Kier alpha value is -0.520. The number of rotatable bonds is 5. The van der Waals surface area contributed by atoms with Gasteiger partial charge in [-0.15, -0.1) is 0 Å². The van der Waals surface area contributed by atoms with Gasteiger partial charge in [-0.25, -0.2) is 0 Å². The quantitative estimate of drug-likeness (QED) is 0.831. The summed E-state index contributed by atoms with van der Waals surface area (Å²) in [7, 11) is 0. The van der Waals surface area contributed by atoms with E-state index in [2.05, 4.69) is 21.7 Å². The maximum Gasteiger partial charge on any atom is 0.230 e. The number of ether oxygens (including phenoxy) is 1. The summed E-state index contributed by atoms with van der Waals surface area (Å²) >= 11 is 3.63. The zero-order valence-electron chi connectivity index (χ0n) is 12.5. The average Bonchev–Trinajstić information content (AvgIpc) is 3.26. The van der Waals surface area contributed by atoms with Crippen LogP contribution in [0.4, 0.5) is 0 Å². The predicted molar refractivity (Wildman–Crippen MR) is 89.2 cm³/mol. The summed E-state index contributed by atoms with van der Waals surface area (Å²) < 4.78 is 5.76. The van der Waals surface area contributed by atoms with Gasteiger partial charge in [-0.2, -0.15) is 23.1 Å². The molecule has 1 aromatic heterocycles. The van der Waals surface area contributed by atoms with Crippen molar-refractivity contribution in [2.45, 2.75) is 44.2 Å². The van der Waals surface area contributed by atoms with Crippen molar-refractivity contribution in [3.63, 3.8) is 0 Å². The summed E-state index contributed by atoms with van der Waals surface area (Å²) in [6.07, 6.45) is 3.59. The fourth-order valence-corrected chi connectivity index (χ4v) is 5.09. The second kappa shape index (κ2) is 7.16. The summed E-state index contributed by atoms with van der Waals surface area (Å²) in [6, 6.07) is 2.47. The Labute approximate surface area is 135 Å². The van der Waals surface area contributed by atoms with Gasteiger partial charge in [0.15, 0.2) is 0 Å². The van der Waals surface area contributed by atoms with Crippen LogP contribution in [0.3, 0.4) is 0 Å². The van der Waals surface area contributed by atoms with Crippen molar-refractivity contribution in [2.24, 2.45) is 0 Å². The highest BCUT2D eigenvalue weighted by atomic mass is 32.2. The number of nitrogens with zero attached hydrogens (tertiary/aromatic N) is 1. The van der Waals surface area contributed by atoms with Crippen LogP contribution in [-0.4, -0.2) is 47.6 Å². The fraction of sp³-hybridized carbons (Fsp3) is 0.688. The smallest absolute Gasteiger partial charge is 0.230 e. The molecule has 5 heteroatoms. The van der Waals surface area contributed by atoms with E-state index in [9.17, 15) is 4.79 Å². The maximum absolute atomic E-state index is 13.0. The van der Waals surface area contributed by atoms with E-state index >= 15 is 0 Å². The second-order valence-electron chi connectivity index (χ2n) is 5.92. The number of carbonyl (C=O) groups is 1. The van der Waals surface area contributed by atoms with Gasteiger partial charge in [0.1, 0.15) is 0 Å². The minimum absolute atomic E-state index is 0.0387. The number of hydrogen-bond donors (Lipinski definition) is 0. The standard InChI is InChI=1S/C16H23NO2S2/c1-12(13-4-7-20-10-13)16(18)17(14-5-8-21-11-14)9-15-3-2-6-19-15/h4,7,10,12,14-15H,2-3,5-6,8-9,11H2,1H3/t12-,14+,15+/m0/s1. The van der Waals surface area contributed by atoms with E-state index in [1.807, 2.05) is 18.7 Å². The SMILES string of the molecule is C[C@H](C(=O)N(C[C@H]1CCCO1)[C@@H]1CCSC1)c1ccsc1. The van der Waals surface area contributed by atoms with Gasteiger partial charge >= 0.3 is 0 Å². The molecule has 2 saturated heterocycles. The Morgan fingerprint density at radius 1 is 1.52 bits per heavy atom. The van der Waals surface area contributed by atoms with Crippen molar-refractivity contribution in [3.8, 4) is 0 Å². The van der Waals surface area contributed by atoms with Crippen LogP contribution < -0.4 is 0 Å². The van der Waals surface area contributed by atoms with Gasteiger partial charge in [-0.1, -0.05) is 0 Å². The van der Waals surface area contributed by atoms with E-state index in [0.29, 0.717) is 6.04 Å². The van der Waals surface area contributed by atoms with Crippen LogP contribution in [0.25, 0.3) is 0 Å². The molecule has 2 aliphatic rings. The van der Waals surface area contributed by atoms with E-state index in [0.717, 1.165) is 43.7 Å². The number of hydrogen-bond acceptors (Lipinski definition) is 4. The lowest BCUT2D eigenvalue weighted by molar-refractivity contribution is -0.136. The molecule has 0 radical (unpaired) electrons. The Morgan fingerprint density at radius 3 is 3.05 bits per heavy atom. The fourth-order valence-electron chi connectivity index (χ4n) is 3.11. The normalized spacial score (nSPS) is 26.9. The van der Waals surface area contributed by atoms with Crippen LogP contribution in [0.15, 0.2) is 16.8 Å². The van der Waals surface area contributed by atoms with Gasteiger partial charge in [0.05, 0.1) is 12.0 Å². The maximum atomic E-state index is 13.0. The molecule has 0 saturated carbocycles. The number of thiophene rings is 1. The first-order valence-corrected chi connectivity index (χ1v) is 9.87. The first-order chi connectivity index (χ1) is 10.3. The van der Waals surface area contributed by atoms with Crippen molar-refractivity contribution in [2.75, 3.05) is 24.7 Å². The second-order valence-corrected chi connectivity index (χ2v) is 7.85. The molecule has 0 unspecified atom stereocenters. The van der Waals surface area contributed by atoms with Gasteiger partial charge in [0.25, 0.3) is 0 Å². The van der Waals surface area contributed by atoms with Gasteiger partial charge in [0, 0.05) is 24.9 Å². The Kier molecular flexibility index (Phi) is 5.24. The molecule has 0 N–H and O–H groups in total. The van der Waals surface area contributed by atoms with Crippen LogP contribution in [0.1, 0.15) is 37.7 Å². The largest absolute Gasteiger partial charge is 0.376 e. The van der Waals surface area contributed by atoms with Gasteiger partial charge in [-0.3, -0.25) is 4.79 Å². The number of thioether (sulfide) groups is 1. The Balaban J connectivity index is 1.71. The third kappa shape index (κ3) is 3.63. The highest BCUT2D eigenvalue weighted by Gasteiger charge is 2.33. The molecular formula is C16H23NO2S2. The first kappa shape index (κ1) is 15.4. The molecule has 3 atom stereocenters. The molecule has 116 valence electrons. The highest BCUT2D eigenvalue weighted by Crippen LogP contribution is 2.28. The van der Waals surface area contributed by atoms with Crippen LogP contribution in [0, 0.1) is 0 Å². The molecule has 2 fully saturated rings. The summed E-state index contributed by atoms with van der Waals surface area (Å²) in [5.74, 6) is 2.49. The van der Waals surface area contributed by atoms with Crippen LogP contribution in [-0.2, 0) is 9.53 Å². The third-order valence-electron chi connectivity index (χ3n) is 4.47. The monoisotopic (exact) mass is 325 g/mol. The Morgan fingerprint density at radius 2 is 2.43 bits per heavy atom. The minimum Gasteiger partial charge on any atom is -0.376 e. The molecule has 3 rings (SSSR count). The Bertz CT molecular complexity index is 451. The van der Waals surface area contributed by atoms with Crippen molar-refractivity contribution >= 4 is 29.0 Å². The predicted octanol–water partition coefficient (Wildman–Crippen LogP) is 3.36. The van der Waals surface area contributed by atoms with E-state index in [1.54, 1.807) is 11.3 Å². The first-order valence-electron chi connectivity index (χ1n) is 7.77. The molecule has 1 aromatic rings. The molecule has 2 aliphatic heterocycles. The summed E-state index contributed by atoms with van der Waals surface area (Å²) in [5, 5.41) is 4.14. The lowest BCUT2D eigenvalue weighted by Gasteiger charge is -2.32. The van der Waals surface area contributed by atoms with Crippen molar-refractivity contribution in [1.82, 2.24) is 4.90 Å². The molecule has 21 heavy (non-hydrogen) atoms. The van der Waals surface area contributed by atoms with Crippen molar-refractivity contribution in [1.29, 1.82) is 0 Å². The van der Waals surface area contributed by atoms with E-state index in [4.69, 9.17) is 4.74 Å². The molecule has 0 aromatic carbocycles. The van der Waals surface area contributed by atoms with Gasteiger partial charge < -0.3 is 9.64 Å². The van der Waals surface area contributed by atoms with Crippen molar-refractivity contribution in [3.05, 3.63) is 22.4 Å². The van der Waals surface area contributed by atoms with Crippen LogP contribution >= 0.6 is 23.1 Å². The van der Waals surface area contributed by atoms with E-state index < -0.39 is 0 Å². The highest BCUT2D eigenvalue weighted by molar-refractivity contribution is 7.99. The molecule has 3 nitrogen and oxygen atoms in total. The van der Waals surface area contributed by atoms with Crippen molar-refractivity contribution < 1.29 is 9.53 Å². The number of carbonyl (C=O) groups excluding carboxylic acids is 1. The lowest BCUT2D eigenvalue weighted by Crippen LogP contribution is -2.46. The summed E-state index contributed by atoms with van der Waals surface area (Å²) in [4.78, 5) is 15.1. The molecule has 0 spiro atoms. The zero-order valence-corrected chi connectivity index (χ0v) is 14.1. The summed E-state index contributed by atoms with van der Waals surface area (Å²) in [6.45, 7) is 3.67. The van der Waals surface area contributed by atoms with E-state index in [-0.39, 0.29) is 17.9 Å². The van der Waals surface area contributed by atoms with Crippen LogP contribution in [0.5, 0.6) is 0 Å². The molecule has 1 amide bonds. The van der Waals surface area contributed by atoms with Crippen LogP contribution in [0.2, 0.25) is 0 Å². The third-order valence-corrected chi connectivity index (χ3v) is 6.31. The van der Waals surface area contributed by atoms with Gasteiger partial charge in [-0.05, 0) is 54.3 Å². The lowest BCUT2D eigenvalue weighted by atomic mass is 10.0.